The van der Waals surface area contributed by atoms with E-state index in [1.807, 2.05) is 49.4 Å². The summed E-state index contributed by atoms with van der Waals surface area (Å²) in [4.78, 5) is 17.0. The molecule has 0 spiro atoms. The molecule has 0 bridgehead atoms. The zero-order valence-corrected chi connectivity index (χ0v) is 20.6. The molecule has 4 aromatic rings. The number of ether oxygens (including phenoxy) is 3. The third-order valence-corrected chi connectivity index (χ3v) is 5.91. The Morgan fingerprint density at radius 1 is 0.943 bits per heavy atom. The molecular formula is C29H32N2O4. The van der Waals surface area contributed by atoms with Gasteiger partial charge in [-0.3, -0.25) is 0 Å². The van der Waals surface area contributed by atoms with Crippen molar-refractivity contribution in [2.75, 3.05) is 19.8 Å². The molecule has 0 saturated carbocycles. The van der Waals surface area contributed by atoms with Crippen LogP contribution in [0.3, 0.4) is 0 Å². The van der Waals surface area contributed by atoms with Crippen molar-refractivity contribution in [3.05, 3.63) is 84.1 Å². The van der Waals surface area contributed by atoms with Gasteiger partial charge in [0, 0.05) is 24.1 Å². The van der Waals surface area contributed by atoms with E-state index in [9.17, 15) is 4.79 Å². The minimum absolute atomic E-state index is 0.325. The Kier molecular flexibility index (Phi) is 8.16. The lowest BCUT2D eigenvalue weighted by Crippen LogP contribution is -2.28. The van der Waals surface area contributed by atoms with Crippen molar-refractivity contribution in [3.8, 4) is 17.1 Å². The van der Waals surface area contributed by atoms with Crippen molar-refractivity contribution in [1.82, 2.24) is 9.55 Å². The zero-order valence-electron chi connectivity index (χ0n) is 20.6. The first-order valence-corrected chi connectivity index (χ1v) is 12.1. The molecule has 0 unspecified atom stereocenters. The first-order chi connectivity index (χ1) is 17.1. The van der Waals surface area contributed by atoms with Gasteiger partial charge < -0.3 is 18.8 Å². The van der Waals surface area contributed by atoms with Gasteiger partial charge in [-0.2, -0.15) is 0 Å². The predicted molar refractivity (Wildman–Crippen MR) is 138 cm³/mol. The number of esters is 1. The van der Waals surface area contributed by atoms with Gasteiger partial charge in [0.05, 0.1) is 30.1 Å². The number of rotatable bonds is 11. The maximum atomic E-state index is 12.1. The average Bonchev–Trinajstić information content (AvgIpc) is 3.24. The molecule has 4 rings (SSSR count). The Bertz CT molecular complexity index is 1260. The summed E-state index contributed by atoms with van der Waals surface area (Å²) in [5.41, 5.74) is 5.17. The third-order valence-electron chi connectivity index (χ3n) is 5.91. The van der Waals surface area contributed by atoms with E-state index in [1.165, 1.54) is 0 Å². The molecule has 0 fully saturated rings. The Morgan fingerprint density at radius 2 is 1.74 bits per heavy atom. The number of hydrogen-bond donors (Lipinski definition) is 0. The number of fused-ring (bicyclic) bond motifs is 1. The topological polar surface area (TPSA) is 62.6 Å². The minimum Gasteiger partial charge on any atom is -0.492 e. The highest BCUT2D eigenvalue weighted by Gasteiger charge is 2.20. The van der Waals surface area contributed by atoms with Crippen LogP contribution in [0, 0.1) is 6.92 Å². The highest BCUT2D eigenvalue weighted by atomic mass is 16.6. The minimum atomic E-state index is -0.592. The normalized spacial score (nSPS) is 12.0. The molecule has 0 aliphatic heterocycles. The van der Waals surface area contributed by atoms with E-state index in [4.69, 9.17) is 19.2 Å². The van der Waals surface area contributed by atoms with Gasteiger partial charge in [-0.25, -0.2) is 9.78 Å². The highest BCUT2D eigenvalue weighted by molar-refractivity contribution is 5.81. The largest absolute Gasteiger partial charge is 0.492 e. The number of hydrogen-bond acceptors (Lipinski definition) is 5. The van der Waals surface area contributed by atoms with E-state index in [-0.39, 0.29) is 5.97 Å². The van der Waals surface area contributed by atoms with Crippen molar-refractivity contribution in [2.45, 2.75) is 39.8 Å². The summed E-state index contributed by atoms with van der Waals surface area (Å²) >= 11 is 0. The smallest absolute Gasteiger partial charge is 0.335 e. The first kappa shape index (κ1) is 24.5. The summed E-state index contributed by atoms with van der Waals surface area (Å²) in [5, 5.41) is 1.13. The number of para-hydroxylation sites is 1. The number of aromatic nitrogens is 2. The highest BCUT2D eigenvalue weighted by Crippen LogP contribution is 2.24. The van der Waals surface area contributed by atoms with E-state index >= 15 is 0 Å². The van der Waals surface area contributed by atoms with E-state index in [2.05, 4.69) is 41.8 Å². The van der Waals surface area contributed by atoms with E-state index in [1.54, 1.807) is 6.92 Å². The Morgan fingerprint density at radius 3 is 2.51 bits per heavy atom. The zero-order chi connectivity index (χ0) is 24.6. The van der Waals surface area contributed by atoms with Crippen molar-refractivity contribution < 1.29 is 19.0 Å². The molecule has 0 N–H and O–H groups in total. The van der Waals surface area contributed by atoms with Gasteiger partial charge in [0.25, 0.3) is 0 Å². The Labute approximate surface area is 206 Å². The quantitative estimate of drug-likeness (QED) is 0.266. The average molecular weight is 473 g/mol. The molecule has 0 radical (unpaired) electrons. The number of pyridine rings is 1. The van der Waals surface area contributed by atoms with Crippen LogP contribution >= 0.6 is 0 Å². The molecule has 0 aliphatic carbocycles. The summed E-state index contributed by atoms with van der Waals surface area (Å²) in [7, 11) is 0. The van der Waals surface area contributed by atoms with E-state index < -0.39 is 6.10 Å². The van der Waals surface area contributed by atoms with Crippen LogP contribution in [0.15, 0.2) is 72.8 Å². The fourth-order valence-corrected chi connectivity index (χ4v) is 4.14. The molecular weight excluding hydrogens is 440 g/mol. The second-order valence-corrected chi connectivity index (χ2v) is 8.29. The van der Waals surface area contributed by atoms with E-state index in [0.717, 1.165) is 39.3 Å². The van der Waals surface area contributed by atoms with Crippen LogP contribution in [-0.4, -0.2) is 41.4 Å². The molecule has 2 aromatic heterocycles. The van der Waals surface area contributed by atoms with Crippen LogP contribution in [-0.2, 0) is 27.2 Å². The molecule has 6 nitrogen and oxygen atoms in total. The lowest BCUT2D eigenvalue weighted by molar-refractivity contribution is -0.156. The molecule has 2 heterocycles. The number of carbonyl (C=O) groups is 1. The fourth-order valence-electron chi connectivity index (χ4n) is 4.14. The molecule has 0 amide bonds. The summed E-state index contributed by atoms with van der Waals surface area (Å²) < 4.78 is 18.9. The van der Waals surface area contributed by atoms with Crippen LogP contribution in [0.25, 0.3) is 22.3 Å². The molecule has 182 valence electrons. The summed E-state index contributed by atoms with van der Waals surface area (Å²) in [5.74, 6) is 0.460. The second-order valence-electron chi connectivity index (χ2n) is 8.29. The molecule has 0 aliphatic rings. The number of nitrogens with zero attached hydrogens (tertiary/aromatic N) is 2. The molecule has 35 heavy (non-hydrogen) atoms. The Hall–Kier alpha value is -3.64. The van der Waals surface area contributed by atoms with Crippen molar-refractivity contribution in [2.24, 2.45) is 0 Å². The monoisotopic (exact) mass is 472 g/mol. The van der Waals surface area contributed by atoms with Crippen molar-refractivity contribution in [3.63, 3.8) is 0 Å². The van der Waals surface area contributed by atoms with Crippen LogP contribution in [0.2, 0.25) is 0 Å². The van der Waals surface area contributed by atoms with Gasteiger partial charge in [0.2, 0.25) is 0 Å². The van der Waals surface area contributed by atoms with Gasteiger partial charge in [-0.15, -0.1) is 0 Å². The van der Waals surface area contributed by atoms with Crippen molar-refractivity contribution in [1.29, 1.82) is 0 Å². The number of aryl methyl sites for hydroxylation is 1. The van der Waals surface area contributed by atoms with Crippen molar-refractivity contribution >= 4 is 16.9 Å². The lowest BCUT2D eigenvalue weighted by atomic mass is 10.1. The predicted octanol–water partition coefficient (Wildman–Crippen LogP) is 5.60. The molecule has 1 atom stereocenters. The van der Waals surface area contributed by atoms with Gasteiger partial charge >= 0.3 is 5.97 Å². The maximum Gasteiger partial charge on any atom is 0.335 e. The van der Waals surface area contributed by atoms with Crippen LogP contribution in [0.1, 0.15) is 25.1 Å². The standard InChI is InChI=1S/C29H32N2O4/c1-4-33-28(29(32)34-5-2)20-22-11-14-24(15-12-22)35-19-18-31-21(3)10-17-27(31)26-16-13-23-8-6-7-9-25(23)30-26/h6-17,28H,4-5,18-20H2,1-3H3/t28-/m0/s1. The van der Waals surface area contributed by atoms with Crippen LogP contribution in [0.4, 0.5) is 0 Å². The molecule has 6 heteroatoms. The first-order valence-electron chi connectivity index (χ1n) is 12.1. The lowest BCUT2D eigenvalue weighted by Gasteiger charge is -2.16. The van der Waals surface area contributed by atoms with E-state index in [0.29, 0.717) is 32.8 Å². The van der Waals surface area contributed by atoms with Gasteiger partial charge in [0.15, 0.2) is 6.10 Å². The number of carbonyl (C=O) groups excluding carboxylic acids is 1. The molecule has 2 aromatic carbocycles. The fraction of sp³-hybridized carbons (Fsp3) is 0.310. The maximum absolute atomic E-state index is 12.1. The number of benzene rings is 2. The van der Waals surface area contributed by atoms with Crippen LogP contribution in [0.5, 0.6) is 5.75 Å². The van der Waals surface area contributed by atoms with Crippen LogP contribution < -0.4 is 4.74 Å². The summed E-state index contributed by atoms with van der Waals surface area (Å²) in [6, 6.07) is 24.3. The summed E-state index contributed by atoms with van der Waals surface area (Å²) in [6.45, 7) is 7.80. The van der Waals surface area contributed by atoms with Gasteiger partial charge in [-0.05, 0) is 62.7 Å². The molecule has 0 saturated heterocycles. The Balaban J connectivity index is 1.38. The SMILES string of the molecule is CCOC(=O)[C@H](Cc1ccc(OCCn2c(C)ccc2-c2ccc3ccccc3n2)cc1)OCC. The second kappa shape index (κ2) is 11.7. The summed E-state index contributed by atoms with van der Waals surface area (Å²) in [6.07, 6.45) is -0.122. The third kappa shape index (κ3) is 6.08. The van der Waals surface area contributed by atoms with Gasteiger partial charge in [-0.1, -0.05) is 36.4 Å². The van der Waals surface area contributed by atoms with Gasteiger partial charge in [0.1, 0.15) is 12.4 Å².